The van der Waals surface area contributed by atoms with Gasteiger partial charge in [0.25, 0.3) is 0 Å². The second-order valence-corrected chi connectivity index (χ2v) is 5.41. The first kappa shape index (κ1) is 18.6. The van der Waals surface area contributed by atoms with Crippen molar-refractivity contribution in [1.29, 1.82) is 0 Å². The lowest BCUT2D eigenvalue weighted by molar-refractivity contribution is -0.274. The van der Waals surface area contributed by atoms with Gasteiger partial charge in [-0.15, -0.1) is 13.2 Å². The number of rotatable bonds is 5. The summed E-state index contributed by atoms with van der Waals surface area (Å²) in [5.74, 6) is -0.840. The lowest BCUT2D eigenvalue weighted by Gasteiger charge is -2.10. The summed E-state index contributed by atoms with van der Waals surface area (Å²) in [5, 5.41) is 0.339. The van der Waals surface area contributed by atoms with Gasteiger partial charge in [-0.05, 0) is 37.3 Å². The summed E-state index contributed by atoms with van der Waals surface area (Å²) in [7, 11) is 1.41. The van der Waals surface area contributed by atoms with Gasteiger partial charge in [-0.2, -0.15) is 0 Å². The van der Waals surface area contributed by atoms with Crippen LogP contribution >= 0.6 is 0 Å². The molecule has 0 spiro atoms. The molecule has 142 valence electrons. The standard InChI is InChI=1S/C18H15F3N2O4/c1-3-26-17(24)15-14(11-5-4-8-22-16(11)25-2)12-9-10(27-18(19,20)21)6-7-13(12)23-15/h4-9,23H,3H2,1-2H3. The van der Waals surface area contributed by atoms with Gasteiger partial charge in [0.1, 0.15) is 11.4 Å². The Balaban J connectivity index is 2.26. The molecule has 0 aliphatic heterocycles. The van der Waals surface area contributed by atoms with Crippen LogP contribution in [0.2, 0.25) is 0 Å². The molecule has 0 amide bonds. The highest BCUT2D eigenvalue weighted by Crippen LogP contribution is 2.39. The molecule has 1 aromatic carbocycles. The Morgan fingerprint density at radius 1 is 1.26 bits per heavy atom. The van der Waals surface area contributed by atoms with E-state index < -0.39 is 18.1 Å². The van der Waals surface area contributed by atoms with Gasteiger partial charge in [0, 0.05) is 28.2 Å². The van der Waals surface area contributed by atoms with Gasteiger partial charge in [-0.25, -0.2) is 9.78 Å². The van der Waals surface area contributed by atoms with Crippen molar-refractivity contribution in [2.24, 2.45) is 0 Å². The van der Waals surface area contributed by atoms with Gasteiger partial charge in [0.05, 0.1) is 13.7 Å². The maximum Gasteiger partial charge on any atom is 0.573 e. The fourth-order valence-electron chi connectivity index (χ4n) is 2.75. The molecule has 0 bridgehead atoms. The van der Waals surface area contributed by atoms with Crippen LogP contribution in [0.1, 0.15) is 17.4 Å². The van der Waals surface area contributed by atoms with Crippen LogP contribution in [-0.2, 0) is 4.74 Å². The number of nitrogens with one attached hydrogen (secondary N) is 1. The van der Waals surface area contributed by atoms with E-state index in [1.807, 2.05) is 0 Å². The van der Waals surface area contributed by atoms with Crippen molar-refractivity contribution in [2.75, 3.05) is 13.7 Å². The highest BCUT2D eigenvalue weighted by molar-refractivity contribution is 6.09. The third-order valence-electron chi connectivity index (χ3n) is 3.72. The van der Waals surface area contributed by atoms with Crippen LogP contribution in [0.15, 0.2) is 36.5 Å². The maximum absolute atomic E-state index is 12.6. The van der Waals surface area contributed by atoms with E-state index in [0.717, 1.165) is 6.07 Å². The number of aromatic nitrogens is 2. The predicted octanol–water partition coefficient (Wildman–Crippen LogP) is 4.31. The van der Waals surface area contributed by atoms with E-state index in [9.17, 15) is 18.0 Å². The number of H-pyrrole nitrogens is 1. The molecule has 6 nitrogen and oxygen atoms in total. The zero-order valence-electron chi connectivity index (χ0n) is 14.4. The Morgan fingerprint density at radius 2 is 2.04 bits per heavy atom. The van der Waals surface area contributed by atoms with Gasteiger partial charge in [-0.1, -0.05) is 0 Å². The molecule has 1 N–H and O–H groups in total. The predicted molar refractivity (Wildman–Crippen MR) is 90.7 cm³/mol. The summed E-state index contributed by atoms with van der Waals surface area (Å²) in [5.41, 5.74) is 1.27. The molecule has 0 saturated heterocycles. The maximum atomic E-state index is 12.6. The number of alkyl halides is 3. The van der Waals surface area contributed by atoms with Crippen molar-refractivity contribution < 1.29 is 32.2 Å². The molecule has 0 aliphatic rings. The fourth-order valence-corrected chi connectivity index (χ4v) is 2.75. The topological polar surface area (TPSA) is 73.4 Å². The molecule has 3 rings (SSSR count). The lowest BCUT2D eigenvalue weighted by atomic mass is 10.0. The second-order valence-electron chi connectivity index (χ2n) is 5.41. The molecule has 2 aromatic heterocycles. The highest BCUT2D eigenvalue weighted by atomic mass is 19.4. The Kier molecular flexibility index (Phi) is 4.93. The van der Waals surface area contributed by atoms with Crippen molar-refractivity contribution in [3.8, 4) is 22.8 Å². The van der Waals surface area contributed by atoms with E-state index in [-0.39, 0.29) is 18.2 Å². The van der Waals surface area contributed by atoms with E-state index in [1.165, 1.54) is 25.4 Å². The van der Waals surface area contributed by atoms with Crippen LogP contribution in [0.25, 0.3) is 22.0 Å². The molecule has 27 heavy (non-hydrogen) atoms. The Hall–Kier alpha value is -3.23. The summed E-state index contributed by atoms with van der Waals surface area (Å²) >= 11 is 0. The normalized spacial score (nSPS) is 11.4. The van der Waals surface area contributed by atoms with Crippen LogP contribution in [0, 0.1) is 0 Å². The van der Waals surface area contributed by atoms with Gasteiger partial charge < -0.3 is 19.2 Å². The van der Waals surface area contributed by atoms with E-state index >= 15 is 0 Å². The van der Waals surface area contributed by atoms with Crippen LogP contribution in [0.5, 0.6) is 11.6 Å². The number of aromatic amines is 1. The number of hydrogen-bond acceptors (Lipinski definition) is 5. The number of pyridine rings is 1. The average Bonchev–Trinajstić information content (AvgIpc) is 2.99. The zero-order chi connectivity index (χ0) is 19.6. The quantitative estimate of drug-likeness (QED) is 0.668. The molecular formula is C18H15F3N2O4. The molecule has 3 aromatic rings. The SMILES string of the molecule is CCOC(=O)c1[nH]c2ccc(OC(F)(F)F)cc2c1-c1cccnc1OC. The number of carbonyl (C=O) groups is 1. The minimum atomic E-state index is -4.83. The summed E-state index contributed by atoms with van der Waals surface area (Å²) in [6.45, 7) is 1.79. The minimum Gasteiger partial charge on any atom is -0.481 e. The number of methoxy groups -OCH3 is 1. The summed E-state index contributed by atoms with van der Waals surface area (Å²) < 4.78 is 52.0. The highest BCUT2D eigenvalue weighted by Gasteiger charge is 2.31. The van der Waals surface area contributed by atoms with Crippen LogP contribution in [0.4, 0.5) is 13.2 Å². The van der Waals surface area contributed by atoms with Crippen LogP contribution in [-0.4, -0.2) is 36.0 Å². The van der Waals surface area contributed by atoms with Gasteiger partial charge in [0.2, 0.25) is 5.88 Å². The molecule has 2 heterocycles. The molecule has 0 atom stereocenters. The van der Waals surface area contributed by atoms with Crippen molar-refractivity contribution in [2.45, 2.75) is 13.3 Å². The van der Waals surface area contributed by atoms with E-state index in [4.69, 9.17) is 9.47 Å². The van der Waals surface area contributed by atoms with Gasteiger partial charge in [0.15, 0.2) is 0 Å². The Bertz CT molecular complexity index is 982. The Labute approximate surface area is 151 Å². The Morgan fingerprint density at radius 3 is 2.70 bits per heavy atom. The molecule has 0 unspecified atom stereocenters. The average molecular weight is 380 g/mol. The molecule has 0 radical (unpaired) electrons. The van der Waals surface area contributed by atoms with Crippen molar-refractivity contribution in [3.63, 3.8) is 0 Å². The van der Waals surface area contributed by atoms with Crippen molar-refractivity contribution in [3.05, 3.63) is 42.2 Å². The zero-order valence-corrected chi connectivity index (χ0v) is 14.4. The monoisotopic (exact) mass is 380 g/mol. The van der Waals surface area contributed by atoms with Crippen molar-refractivity contribution >= 4 is 16.9 Å². The summed E-state index contributed by atoms with van der Waals surface area (Å²) in [4.78, 5) is 19.4. The first-order valence-corrected chi connectivity index (χ1v) is 7.92. The molecular weight excluding hydrogens is 365 g/mol. The van der Waals surface area contributed by atoms with Gasteiger partial charge >= 0.3 is 12.3 Å². The molecule has 0 saturated carbocycles. The van der Waals surface area contributed by atoms with Crippen LogP contribution in [0.3, 0.4) is 0 Å². The number of fused-ring (bicyclic) bond motifs is 1. The molecule has 0 aliphatic carbocycles. The van der Waals surface area contributed by atoms with E-state index in [0.29, 0.717) is 22.0 Å². The smallest absolute Gasteiger partial charge is 0.481 e. The number of nitrogens with zero attached hydrogens (tertiary/aromatic N) is 1. The second kappa shape index (κ2) is 7.18. The van der Waals surface area contributed by atoms with Crippen molar-refractivity contribution in [1.82, 2.24) is 9.97 Å². The third-order valence-corrected chi connectivity index (χ3v) is 3.72. The lowest BCUT2D eigenvalue weighted by Crippen LogP contribution is -2.16. The largest absolute Gasteiger partial charge is 0.573 e. The first-order chi connectivity index (χ1) is 12.8. The number of halogens is 3. The number of carbonyl (C=O) groups excluding carboxylic acids is 1. The summed E-state index contributed by atoms with van der Waals surface area (Å²) in [6.07, 6.45) is -3.33. The number of ether oxygens (including phenoxy) is 3. The molecule has 9 heteroatoms. The van der Waals surface area contributed by atoms with Crippen LogP contribution < -0.4 is 9.47 Å². The minimum absolute atomic E-state index is 0.0855. The number of esters is 1. The third kappa shape index (κ3) is 3.81. The first-order valence-electron chi connectivity index (χ1n) is 7.92. The van der Waals surface area contributed by atoms with E-state index in [2.05, 4.69) is 14.7 Å². The van der Waals surface area contributed by atoms with Gasteiger partial charge in [-0.3, -0.25) is 0 Å². The number of hydrogen-bond donors (Lipinski definition) is 1. The fraction of sp³-hybridized carbons (Fsp3) is 0.222. The summed E-state index contributed by atoms with van der Waals surface area (Å²) in [6, 6.07) is 7.02. The number of benzene rings is 1. The molecule has 0 fully saturated rings. The van der Waals surface area contributed by atoms with E-state index in [1.54, 1.807) is 19.1 Å².